The third-order valence-electron chi connectivity index (χ3n) is 15.1. The van der Waals surface area contributed by atoms with E-state index in [1.807, 2.05) is 0 Å². The van der Waals surface area contributed by atoms with E-state index in [1.54, 1.807) is 0 Å². The summed E-state index contributed by atoms with van der Waals surface area (Å²) in [5, 5.41) is 23.4. The molecule has 0 heterocycles. The number of hydrogen-bond acceptors (Lipinski definition) is 3. The van der Waals surface area contributed by atoms with Gasteiger partial charge >= 0.3 is 0 Å². The molecule has 0 spiro atoms. The number of amides is 1. The Morgan fingerprint density at radius 2 is 0.485 bits per heavy atom. The molecule has 0 aliphatic heterocycles. The first kappa shape index (κ1) is 65.4. The lowest BCUT2D eigenvalue weighted by Crippen LogP contribution is -2.45. The molecular weight excluding hydrogens is 807 g/mol. The highest BCUT2D eigenvalue weighted by Gasteiger charge is 2.20. The number of rotatable bonds is 59. The van der Waals surface area contributed by atoms with E-state index in [9.17, 15) is 15.0 Å². The number of aliphatic hydroxyl groups is 2. The molecule has 0 saturated carbocycles. The summed E-state index contributed by atoms with van der Waals surface area (Å²) in [4.78, 5) is 12.5. The molecule has 0 saturated heterocycles. The summed E-state index contributed by atoms with van der Waals surface area (Å²) in [5.74, 6) is -0.0210. The van der Waals surface area contributed by atoms with Crippen LogP contribution in [0, 0.1) is 0 Å². The molecule has 0 bridgehead atoms. The Balaban J connectivity index is 3.37. The molecular formula is C62H125NO3. The van der Waals surface area contributed by atoms with Crippen LogP contribution in [-0.2, 0) is 4.79 Å². The van der Waals surface area contributed by atoms with Crippen LogP contribution in [0.5, 0.6) is 0 Å². The minimum Gasteiger partial charge on any atom is -0.394 e. The summed E-state index contributed by atoms with van der Waals surface area (Å²) < 4.78 is 0. The van der Waals surface area contributed by atoms with Crippen LogP contribution in [0.2, 0.25) is 0 Å². The van der Waals surface area contributed by atoms with E-state index in [4.69, 9.17) is 0 Å². The number of aliphatic hydroxyl groups excluding tert-OH is 2. The summed E-state index contributed by atoms with van der Waals surface area (Å²) in [6.07, 6.45) is 75.6. The van der Waals surface area contributed by atoms with Crippen molar-refractivity contribution in [2.75, 3.05) is 6.61 Å². The normalized spacial score (nSPS) is 12.6. The average Bonchev–Trinajstić information content (AvgIpc) is 3.32. The van der Waals surface area contributed by atoms with Gasteiger partial charge in [-0.3, -0.25) is 4.79 Å². The van der Waals surface area contributed by atoms with Crippen molar-refractivity contribution in [2.24, 2.45) is 0 Å². The number of hydrogen-bond donors (Lipinski definition) is 3. The fourth-order valence-electron chi connectivity index (χ4n) is 10.4. The lowest BCUT2D eigenvalue weighted by molar-refractivity contribution is -0.123. The average molecular weight is 933 g/mol. The van der Waals surface area contributed by atoms with Gasteiger partial charge in [0.15, 0.2) is 0 Å². The fourth-order valence-corrected chi connectivity index (χ4v) is 10.4. The lowest BCUT2D eigenvalue weighted by atomic mass is 10.0. The van der Waals surface area contributed by atoms with Gasteiger partial charge in [0, 0.05) is 6.42 Å². The topological polar surface area (TPSA) is 69.6 Å². The molecule has 0 fully saturated rings. The Labute approximate surface area is 416 Å². The Kier molecular flexibility index (Phi) is 58.2. The number of carbonyl (C=O) groups is 1. The van der Waals surface area contributed by atoms with E-state index in [0.717, 1.165) is 25.7 Å². The van der Waals surface area contributed by atoms with Crippen molar-refractivity contribution in [1.82, 2.24) is 5.32 Å². The maximum absolute atomic E-state index is 12.5. The van der Waals surface area contributed by atoms with Gasteiger partial charge in [-0.25, -0.2) is 0 Å². The Hall–Kier alpha value is -0.610. The number of carbonyl (C=O) groups excluding carboxylic acids is 1. The first-order valence-electron chi connectivity index (χ1n) is 31.2. The number of nitrogens with one attached hydrogen (secondary N) is 1. The predicted octanol–water partition coefficient (Wildman–Crippen LogP) is 20.7. The zero-order valence-corrected chi connectivity index (χ0v) is 45.8. The molecule has 1 amide bonds. The molecule has 0 aromatic carbocycles. The smallest absolute Gasteiger partial charge is 0.220 e. The largest absolute Gasteiger partial charge is 0.394 e. The Morgan fingerprint density at radius 3 is 0.682 bits per heavy atom. The highest BCUT2D eigenvalue weighted by Crippen LogP contribution is 2.19. The van der Waals surface area contributed by atoms with Crippen LogP contribution >= 0.6 is 0 Å². The van der Waals surface area contributed by atoms with Gasteiger partial charge < -0.3 is 15.5 Å². The minimum atomic E-state index is -0.656. The SMILES string of the molecule is CCCCCCCCCCCCCCCCCCCCCCCCCCCCCCCCCCC(O)C(CO)NC(=O)CCCCCCCCCCCCCCCCCCCCCCCC. The molecule has 0 aliphatic rings. The van der Waals surface area contributed by atoms with Gasteiger partial charge in [0.2, 0.25) is 5.91 Å². The molecule has 3 N–H and O–H groups in total. The lowest BCUT2D eigenvalue weighted by Gasteiger charge is -2.22. The second-order valence-corrected chi connectivity index (χ2v) is 21.8. The van der Waals surface area contributed by atoms with Crippen LogP contribution in [0.3, 0.4) is 0 Å². The van der Waals surface area contributed by atoms with E-state index in [2.05, 4.69) is 19.2 Å². The van der Waals surface area contributed by atoms with Gasteiger partial charge in [-0.1, -0.05) is 354 Å². The molecule has 66 heavy (non-hydrogen) atoms. The van der Waals surface area contributed by atoms with Crippen LogP contribution in [-0.4, -0.2) is 34.9 Å². The molecule has 396 valence electrons. The van der Waals surface area contributed by atoms with E-state index in [0.29, 0.717) is 12.8 Å². The van der Waals surface area contributed by atoms with Crippen molar-refractivity contribution in [3.63, 3.8) is 0 Å². The summed E-state index contributed by atoms with van der Waals surface area (Å²) >= 11 is 0. The van der Waals surface area contributed by atoms with Crippen LogP contribution in [0.25, 0.3) is 0 Å². The molecule has 0 rings (SSSR count). The van der Waals surface area contributed by atoms with Crippen molar-refractivity contribution in [3.05, 3.63) is 0 Å². The van der Waals surface area contributed by atoms with Crippen LogP contribution < -0.4 is 5.32 Å². The quantitative estimate of drug-likeness (QED) is 0.0532. The highest BCUT2D eigenvalue weighted by atomic mass is 16.3. The first-order chi connectivity index (χ1) is 32.7. The van der Waals surface area contributed by atoms with Crippen LogP contribution in [0.4, 0.5) is 0 Å². The van der Waals surface area contributed by atoms with Crippen molar-refractivity contribution >= 4 is 5.91 Å². The molecule has 0 aromatic rings. The third-order valence-corrected chi connectivity index (χ3v) is 15.1. The molecule has 0 aromatic heterocycles. The highest BCUT2D eigenvalue weighted by molar-refractivity contribution is 5.76. The maximum atomic E-state index is 12.5. The van der Waals surface area contributed by atoms with Crippen molar-refractivity contribution in [1.29, 1.82) is 0 Å². The molecule has 4 nitrogen and oxygen atoms in total. The monoisotopic (exact) mass is 932 g/mol. The maximum Gasteiger partial charge on any atom is 0.220 e. The van der Waals surface area contributed by atoms with E-state index < -0.39 is 12.1 Å². The van der Waals surface area contributed by atoms with Crippen molar-refractivity contribution in [2.45, 2.75) is 386 Å². The van der Waals surface area contributed by atoms with Gasteiger partial charge in [0.05, 0.1) is 18.8 Å². The third kappa shape index (κ3) is 54.3. The van der Waals surface area contributed by atoms with Crippen molar-refractivity contribution < 1.29 is 15.0 Å². The van der Waals surface area contributed by atoms with Gasteiger partial charge in [0.1, 0.15) is 0 Å². The van der Waals surface area contributed by atoms with E-state index in [-0.39, 0.29) is 12.5 Å². The summed E-state index contributed by atoms with van der Waals surface area (Å²) in [6, 6.07) is -0.532. The Bertz CT molecular complexity index is 879. The van der Waals surface area contributed by atoms with Gasteiger partial charge in [-0.2, -0.15) is 0 Å². The standard InChI is InChI=1S/C62H125NO3/c1-3-5-7-9-11-13-15-17-19-21-23-25-27-28-29-30-31-32-33-34-35-36-37-39-41-43-45-47-49-51-53-55-57-61(65)60(59-64)63-62(66)58-56-54-52-50-48-46-44-42-40-38-26-24-22-20-18-16-14-12-10-8-6-4-2/h60-61,64-65H,3-59H2,1-2H3,(H,63,66). The molecule has 2 atom stereocenters. The van der Waals surface area contributed by atoms with Crippen LogP contribution in [0.1, 0.15) is 373 Å². The van der Waals surface area contributed by atoms with Gasteiger partial charge in [-0.05, 0) is 12.8 Å². The zero-order valence-electron chi connectivity index (χ0n) is 45.8. The minimum absolute atomic E-state index is 0.0210. The summed E-state index contributed by atoms with van der Waals surface area (Å²) in [5.41, 5.74) is 0. The van der Waals surface area contributed by atoms with E-state index >= 15 is 0 Å². The summed E-state index contributed by atoms with van der Waals surface area (Å²) in [6.45, 7) is 4.41. The summed E-state index contributed by atoms with van der Waals surface area (Å²) in [7, 11) is 0. The number of unbranched alkanes of at least 4 members (excludes halogenated alkanes) is 52. The first-order valence-corrected chi connectivity index (χ1v) is 31.2. The molecule has 0 aliphatic carbocycles. The molecule has 2 unspecified atom stereocenters. The van der Waals surface area contributed by atoms with Crippen molar-refractivity contribution in [3.8, 4) is 0 Å². The fraction of sp³-hybridized carbons (Fsp3) is 0.984. The van der Waals surface area contributed by atoms with E-state index in [1.165, 1.54) is 321 Å². The predicted molar refractivity (Wildman–Crippen MR) is 295 cm³/mol. The molecule has 4 heteroatoms. The van der Waals surface area contributed by atoms with Gasteiger partial charge in [0.25, 0.3) is 0 Å². The zero-order chi connectivity index (χ0) is 47.7. The van der Waals surface area contributed by atoms with Crippen LogP contribution in [0.15, 0.2) is 0 Å². The molecule has 0 radical (unpaired) electrons. The second kappa shape index (κ2) is 58.7. The van der Waals surface area contributed by atoms with Gasteiger partial charge in [-0.15, -0.1) is 0 Å². The second-order valence-electron chi connectivity index (χ2n) is 21.8. The Morgan fingerprint density at radius 1 is 0.303 bits per heavy atom.